The molecule has 2 aliphatic rings. The van der Waals surface area contributed by atoms with E-state index in [4.69, 9.17) is 4.42 Å². The summed E-state index contributed by atoms with van der Waals surface area (Å²) in [6, 6.07) is 89.6. The van der Waals surface area contributed by atoms with Gasteiger partial charge < -0.3 is 14.1 Å². The Morgan fingerprint density at radius 3 is 1.61 bits per heavy atom. The molecule has 11 aromatic carbocycles. The van der Waals surface area contributed by atoms with E-state index in [0.29, 0.717) is 0 Å². The van der Waals surface area contributed by atoms with Crippen LogP contribution in [0, 0.1) is 0 Å². The third-order valence-electron chi connectivity index (χ3n) is 15.2. The van der Waals surface area contributed by atoms with Crippen molar-refractivity contribution in [2.24, 2.45) is 0 Å². The first-order valence-electron chi connectivity index (χ1n) is 25.1. The Bertz CT molecular complexity index is 4070. The summed E-state index contributed by atoms with van der Waals surface area (Å²) in [6.07, 6.45) is 0. The zero-order chi connectivity index (χ0) is 48.1. The minimum Gasteiger partial charge on any atom is -0.456 e. The van der Waals surface area contributed by atoms with Crippen LogP contribution in [-0.2, 0) is 5.41 Å². The lowest BCUT2D eigenvalue weighted by molar-refractivity contribution is 0.590. The first-order chi connectivity index (χ1) is 35.3. The van der Waals surface area contributed by atoms with Gasteiger partial charge in [0, 0.05) is 33.6 Å². The van der Waals surface area contributed by atoms with Gasteiger partial charge in [-0.15, -0.1) is 0 Å². The summed E-state index contributed by atoms with van der Waals surface area (Å²) >= 11 is 0. The van der Waals surface area contributed by atoms with Crippen molar-refractivity contribution >= 4 is 78.9 Å². The van der Waals surface area contributed by atoms with Gasteiger partial charge >= 0.3 is 6.85 Å². The maximum atomic E-state index is 7.02. The third kappa shape index (κ3) is 6.74. The number of anilines is 5. The number of fused-ring (bicyclic) bond motifs is 9. The highest BCUT2D eigenvalue weighted by Gasteiger charge is 2.47. The predicted molar refractivity (Wildman–Crippen MR) is 305 cm³/mol. The molecular weight excluding hydrogens is 872 g/mol. The van der Waals surface area contributed by atoms with Gasteiger partial charge in [-0.25, -0.2) is 0 Å². The topological polar surface area (TPSA) is 19.6 Å². The summed E-state index contributed by atoms with van der Waals surface area (Å²) in [5, 5.41) is 4.55. The molecular formula is C68H49BN2O. The highest BCUT2D eigenvalue weighted by Crippen LogP contribution is 2.53. The monoisotopic (exact) mass is 920 g/mol. The summed E-state index contributed by atoms with van der Waals surface area (Å²) in [5.74, 6) is 0. The molecule has 0 spiro atoms. The molecule has 3 heterocycles. The smallest absolute Gasteiger partial charge is 0.333 e. The van der Waals surface area contributed by atoms with E-state index in [-0.39, 0.29) is 12.3 Å². The van der Waals surface area contributed by atoms with Crippen LogP contribution in [0.5, 0.6) is 0 Å². The highest BCUT2D eigenvalue weighted by atomic mass is 16.3. The molecule has 2 aliphatic heterocycles. The van der Waals surface area contributed by atoms with Crippen LogP contribution >= 0.6 is 0 Å². The van der Waals surface area contributed by atoms with Gasteiger partial charge in [0.15, 0.2) is 0 Å². The zero-order valence-corrected chi connectivity index (χ0v) is 40.5. The van der Waals surface area contributed by atoms with Crippen molar-refractivity contribution in [2.45, 2.75) is 26.2 Å². The van der Waals surface area contributed by atoms with Crippen molar-refractivity contribution in [2.75, 3.05) is 9.71 Å². The fourth-order valence-electron chi connectivity index (χ4n) is 11.6. The molecule has 12 aromatic rings. The largest absolute Gasteiger partial charge is 0.456 e. The molecule has 0 atom stereocenters. The van der Waals surface area contributed by atoms with Gasteiger partial charge in [0.1, 0.15) is 11.2 Å². The van der Waals surface area contributed by atoms with Crippen LogP contribution in [0.15, 0.2) is 247 Å². The summed E-state index contributed by atoms with van der Waals surface area (Å²) in [6.45, 7) is 6.72. The molecule has 0 unspecified atom stereocenters. The Kier molecular flexibility index (Phi) is 9.56. The molecule has 0 saturated heterocycles. The van der Waals surface area contributed by atoms with Gasteiger partial charge in [0.05, 0.1) is 16.8 Å². The molecule has 14 rings (SSSR count). The van der Waals surface area contributed by atoms with Crippen LogP contribution in [0.2, 0.25) is 0 Å². The zero-order valence-electron chi connectivity index (χ0n) is 40.5. The van der Waals surface area contributed by atoms with Gasteiger partial charge in [-0.3, -0.25) is 0 Å². The van der Waals surface area contributed by atoms with Crippen molar-refractivity contribution in [3.8, 4) is 55.6 Å². The Morgan fingerprint density at radius 2 is 0.944 bits per heavy atom. The Morgan fingerprint density at radius 1 is 0.389 bits per heavy atom. The number of benzene rings is 11. The standard InChI is InChI=1S/C68H49BN2O/c1-68(2,3)53-31-36-60(55(43-53)48-24-14-7-15-25-48)70-62-41-52(46-22-12-6-13-23-46)40-57-56-38-51(45-20-10-5-11-21-45)30-35-61(56)71(54-32-28-47(29-33-54)44-18-8-4-9-19-44)69(66(57)62)59-34-37-63-65(67(59)70)58-39-49-26-16-17-27-50(49)42-64(58)72-63/h4-43H,1-3H3. The lowest BCUT2D eigenvalue weighted by Crippen LogP contribution is -2.61. The van der Waals surface area contributed by atoms with Gasteiger partial charge in [0.2, 0.25) is 0 Å². The molecule has 3 nitrogen and oxygen atoms in total. The number of hydrogen-bond acceptors (Lipinski definition) is 3. The first kappa shape index (κ1) is 42.1. The Labute approximate surface area is 421 Å². The van der Waals surface area contributed by atoms with Crippen molar-refractivity contribution in [3.63, 3.8) is 0 Å². The maximum Gasteiger partial charge on any atom is 0.333 e. The number of hydrogen-bond donors (Lipinski definition) is 0. The quantitative estimate of drug-likeness (QED) is 0.155. The average Bonchev–Trinajstić information content (AvgIpc) is 3.80. The van der Waals surface area contributed by atoms with Crippen molar-refractivity contribution in [3.05, 3.63) is 248 Å². The van der Waals surface area contributed by atoms with Crippen LogP contribution in [0.4, 0.5) is 28.4 Å². The van der Waals surface area contributed by atoms with E-state index < -0.39 is 0 Å². The van der Waals surface area contributed by atoms with E-state index in [2.05, 4.69) is 273 Å². The number of furan rings is 1. The predicted octanol–water partition coefficient (Wildman–Crippen LogP) is 17.4. The molecule has 0 saturated carbocycles. The SMILES string of the molecule is CC(C)(C)c1ccc(N2c3cc(-c4ccccc4)cc4c3B(c3ccc5oc6cc7ccccc7cc6c5c32)N(c2ccc(-c3ccccc3)cc2)c2ccc(-c3ccccc3)cc2-4)c(-c2ccccc2)c1. The average molecular weight is 921 g/mol. The molecule has 0 N–H and O–H groups in total. The second-order valence-corrected chi connectivity index (χ2v) is 20.5. The van der Waals surface area contributed by atoms with Crippen molar-refractivity contribution in [1.29, 1.82) is 0 Å². The second kappa shape index (κ2) is 16.4. The molecule has 340 valence electrons. The van der Waals surface area contributed by atoms with E-state index in [9.17, 15) is 0 Å². The maximum absolute atomic E-state index is 7.02. The summed E-state index contributed by atoms with van der Waals surface area (Å²) in [4.78, 5) is 5.23. The van der Waals surface area contributed by atoms with E-state index in [0.717, 1.165) is 61.3 Å². The second-order valence-electron chi connectivity index (χ2n) is 20.5. The first-order valence-corrected chi connectivity index (χ1v) is 25.1. The summed E-state index contributed by atoms with van der Waals surface area (Å²) in [5.41, 5.74) is 23.0. The van der Waals surface area contributed by atoms with E-state index in [1.54, 1.807) is 0 Å². The van der Waals surface area contributed by atoms with Gasteiger partial charge in [-0.05, 0) is 144 Å². The molecule has 72 heavy (non-hydrogen) atoms. The van der Waals surface area contributed by atoms with Gasteiger partial charge in [0.25, 0.3) is 0 Å². The normalized spacial score (nSPS) is 12.8. The third-order valence-corrected chi connectivity index (χ3v) is 15.2. The molecule has 0 radical (unpaired) electrons. The van der Waals surface area contributed by atoms with Crippen LogP contribution < -0.4 is 20.6 Å². The molecule has 0 amide bonds. The molecule has 0 fully saturated rings. The Hall–Kier alpha value is -8.86. The number of rotatable bonds is 6. The van der Waals surface area contributed by atoms with Gasteiger partial charge in [-0.2, -0.15) is 0 Å². The van der Waals surface area contributed by atoms with E-state index in [1.165, 1.54) is 71.9 Å². The fraction of sp³-hybridized carbons (Fsp3) is 0.0588. The number of nitrogens with zero attached hydrogens (tertiary/aromatic N) is 2. The fourth-order valence-corrected chi connectivity index (χ4v) is 11.6. The molecule has 0 bridgehead atoms. The lowest BCUT2D eigenvalue weighted by atomic mass is 9.43. The minimum absolute atomic E-state index is 0.0782. The molecule has 0 aliphatic carbocycles. The van der Waals surface area contributed by atoms with Crippen LogP contribution in [-0.4, -0.2) is 6.85 Å². The summed E-state index contributed by atoms with van der Waals surface area (Å²) < 4.78 is 7.02. The summed E-state index contributed by atoms with van der Waals surface area (Å²) in [7, 11) is 0. The Balaban J connectivity index is 1.14. The van der Waals surface area contributed by atoms with E-state index in [1.807, 2.05) is 0 Å². The van der Waals surface area contributed by atoms with Crippen LogP contribution in [0.25, 0.3) is 88.3 Å². The molecule has 4 heteroatoms. The van der Waals surface area contributed by atoms with Crippen molar-refractivity contribution < 1.29 is 4.42 Å². The van der Waals surface area contributed by atoms with Crippen molar-refractivity contribution in [1.82, 2.24) is 0 Å². The van der Waals surface area contributed by atoms with Crippen LogP contribution in [0.1, 0.15) is 26.3 Å². The lowest BCUT2D eigenvalue weighted by Gasteiger charge is -2.46. The van der Waals surface area contributed by atoms with Crippen LogP contribution in [0.3, 0.4) is 0 Å². The minimum atomic E-state index is -0.215. The highest BCUT2D eigenvalue weighted by molar-refractivity contribution is 6.94. The van der Waals surface area contributed by atoms with E-state index >= 15 is 0 Å². The van der Waals surface area contributed by atoms with Gasteiger partial charge in [-0.1, -0.05) is 197 Å². The molecule has 1 aromatic heterocycles.